The number of nitrogens with one attached hydrogen (secondary N) is 1. The lowest BCUT2D eigenvalue weighted by molar-refractivity contribution is -0.149. The summed E-state index contributed by atoms with van der Waals surface area (Å²) in [5.41, 5.74) is 0.869. The van der Waals surface area contributed by atoms with E-state index in [1.165, 1.54) is 4.90 Å². The summed E-state index contributed by atoms with van der Waals surface area (Å²) in [6, 6.07) is 8.33. The average Bonchev–Trinajstić information content (AvgIpc) is 3.02. The first-order valence-electron chi connectivity index (χ1n) is 11.2. The molecule has 5 rings (SSSR count). The normalized spacial score (nSPS) is 30.3. The van der Waals surface area contributed by atoms with Crippen LogP contribution >= 0.6 is 0 Å². The van der Waals surface area contributed by atoms with E-state index < -0.39 is 12.1 Å². The van der Waals surface area contributed by atoms with Crippen LogP contribution in [0.4, 0.5) is 4.79 Å². The van der Waals surface area contributed by atoms with E-state index >= 15 is 0 Å². The number of hydrogen-bond donors (Lipinski definition) is 1. The van der Waals surface area contributed by atoms with Crippen LogP contribution in [0.1, 0.15) is 37.7 Å². The number of rotatable bonds is 4. The highest BCUT2D eigenvalue weighted by molar-refractivity contribution is 6.05. The Morgan fingerprint density at radius 1 is 1.06 bits per heavy atom. The van der Waals surface area contributed by atoms with Gasteiger partial charge >= 0.3 is 6.03 Å². The van der Waals surface area contributed by atoms with Gasteiger partial charge in [-0.15, -0.1) is 0 Å². The van der Waals surface area contributed by atoms with Gasteiger partial charge < -0.3 is 15.1 Å². The molecule has 0 aromatic heterocycles. The van der Waals surface area contributed by atoms with Gasteiger partial charge in [0.1, 0.15) is 6.04 Å². The van der Waals surface area contributed by atoms with Gasteiger partial charge in [0, 0.05) is 32.1 Å². The number of nitrogens with zero attached hydrogens (tertiary/aromatic N) is 3. The van der Waals surface area contributed by atoms with Gasteiger partial charge in [0.25, 0.3) is 5.91 Å². The zero-order valence-electron chi connectivity index (χ0n) is 17.5. The second-order valence-electron chi connectivity index (χ2n) is 9.28. The molecule has 3 unspecified atom stereocenters. The number of benzene rings is 1. The Balaban J connectivity index is 1.21. The molecule has 4 heterocycles. The van der Waals surface area contributed by atoms with Crippen LogP contribution in [0.3, 0.4) is 0 Å². The first-order chi connectivity index (χ1) is 15.0. The third-order valence-corrected chi connectivity index (χ3v) is 7.20. The summed E-state index contributed by atoms with van der Waals surface area (Å²) in [7, 11) is 0. The van der Waals surface area contributed by atoms with Crippen molar-refractivity contribution < 1.29 is 19.2 Å². The van der Waals surface area contributed by atoms with E-state index in [9.17, 15) is 19.2 Å². The van der Waals surface area contributed by atoms with E-state index in [1.54, 1.807) is 0 Å². The molecule has 5 amide bonds. The van der Waals surface area contributed by atoms with Crippen LogP contribution in [0.5, 0.6) is 0 Å². The summed E-state index contributed by atoms with van der Waals surface area (Å²) in [4.78, 5) is 55.6. The molecule has 0 aliphatic carbocycles. The average molecular weight is 425 g/mol. The first kappa shape index (κ1) is 20.0. The van der Waals surface area contributed by atoms with Gasteiger partial charge in [-0.25, -0.2) is 4.79 Å². The Morgan fingerprint density at radius 3 is 2.68 bits per heavy atom. The summed E-state index contributed by atoms with van der Waals surface area (Å²) >= 11 is 0. The molecule has 4 aliphatic rings. The number of likely N-dealkylation sites (tertiary alicyclic amines) is 1. The first-order valence-corrected chi connectivity index (χ1v) is 11.2. The Morgan fingerprint density at radius 2 is 1.87 bits per heavy atom. The molecule has 0 radical (unpaired) electrons. The molecule has 4 aliphatic heterocycles. The molecule has 0 spiro atoms. The number of urea groups is 1. The van der Waals surface area contributed by atoms with E-state index in [0.29, 0.717) is 31.3 Å². The van der Waals surface area contributed by atoms with Crippen molar-refractivity contribution in [2.24, 2.45) is 11.8 Å². The van der Waals surface area contributed by atoms with Gasteiger partial charge in [0.05, 0.1) is 13.0 Å². The zero-order chi connectivity index (χ0) is 21.5. The highest BCUT2D eigenvalue weighted by Gasteiger charge is 2.46. The Kier molecular flexibility index (Phi) is 5.16. The quantitative estimate of drug-likeness (QED) is 0.739. The van der Waals surface area contributed by atoms with E-state index in [4.69, 9.17) is 0 Å². The molecule has 1 aromatic carbocycles. The molecule has 4 fully saturated rings. The minimum Gasteiger partial charge on any atom is -0.342 e. The molecule has 164 valence electrons. The second kappa shape index (κ2) is 7.98. The SMILES string of the molecule is O=C(C[C@@H]1NC(=O)N(Cc2ccccc2)C1=O)N1CC2CC(C1)C1CCCC(=O)N1C2. The molecule has 31 heavy (non-hydrogen) atoms. The number of amides is 5. The van der Waals surface area contributed by atoms with E-state index in [1.807, 2.05) is 40.1 Å². The Hall–Kier alpha value is -2.90. The van der Waals surface area contributed by atoms with Crippen LogP contribution in [0.25, 0.3) is 0 Å². The maximum Gasteiger partial charge on any atom is 0.325 e. The summed E-state index contributed by atoms with van der Waals surface area (Å²) < 4.78 is 0. The fourth-order valence-corrected chi connectivity index (χ4v) is 5.75. The number of imide groups is 1. The number of piperidine rings is 3. The lowest BCUT2D eigenvalue weighted by atomic mass is 9.76. The van der Waals surface area contributed by atoms with Crippen molar-refractivity contribution in [1.29, 1.82) is 0 Å². The van der Waals surface area contributed by atoms with Gasteiger partial charge in [-0.3, -0.25) is 19.3 Å². The van der Waals surface area contributed by atoms with Gasteiger partial charge in [-0.1, -0.05) is 30.3 Å². The van der Waals surface area contributed by atoms with Crippen LogP contribution < -0.4 is 5.32 Å². The van der Waals surface area contributed by atoms with Crippen LogP contribution in [-0.2, 0) is 20.9 Å². The molecule has 1 N–H and O–H groups in total. The van der Waals surface area contributed by atoms with Crippen LogP contribution in [0.15, 0.2) is 30.3 Å². The molecule has 8 heteroatoms. The molecule has 2 bridgehead atoms. The van der Waals surface area contributed by atoms with E-state index in [-0.39, 0.29) is 36.7 Å². The molecule has 0 saturated carbocycles. The predicted molar refractivity (Wildman–Crippen MR) is 111 cm³/mol. The summed E-state index contributed by atoms with van der Waals surface area (Å²) in [5.74, 6) is 0.422. The smallest absolute Gasteiger partial charge is 0.325 e. The Labute approximate surface area is 181 Å². The number of hydrogen-bond acceptors (Lipinski definition) is 4. The van der Waals surface area contributed by atoms with E-state index in [2.05, 4.69) is 5.32 Å². The zero-order valence-corrected chi connectivity index (χ0v) is 17.5. The topological polar surface area (TPSA) is 90.0 Å². The summed E-state index contributed by atoms with van der Waals surface area (Å²) in [6.07, 6.45) is 3.62. The van der Waals surface area contributed by atoms with Crippen LogP contribution in [0, 0.1) is 11.8 Å². The van der Waals surface area contributed by atoms with Crippen LogP contribution in [0.2, 0.25) is 0 Å². The lowest BCUT2D eigenvalue weighted by Gasteiger charge is -2.52. The van der Waals surface area contributed by atoms with Crippen molar-refractivity contribution in [2.45, 2.75) is 50.7 Å². The standard InChI is InChI=1S/C23H28N4O4/c28-20-8-4-7-19-17-9-16(13-26(19)20)11-25(14-17)21(29)10-18-22(30)27(23(31)24-18)12-15-5-2-1-3-6-15/h1-3,5-6,16-19H,4,7-14H2,(H,24,31)/t16?,17?,18-,19?/m0/s1. The largest absolute Gasteiger partial charge is 0.342 e. The van der Waals surface area contributed by atoms with Gasteiger partial charge in [-0.05, 0) is 36.7 Å². The fraction of sp³-hybridized carbons (Fsp3) is 0.565. The van der Waals surface area contributed by atoms with Gasteiger partial charge in [-0.2, -0.15) is 0 Å². The number of fused-ring (bicyclic) bond motifs is 4. The third kappa shape index (κ3) is 3.79. The highest BCUT2D eigenvalue weighted by atomic mass is 16.2. The monoisotopic (exact) mass is 424 g/mol. The second-order valence-corrected chi connectivity index (χ2v) is 9.28. The molecular weight excluding hydrogens is 396 g/mol. The van der Waals surface area contributed by atoms with Crippen molar-refractivity contribution in [1.82, 2.24) is 20.0 Å². The fourth-order valence-electron chi connectivity index (χ4n) is 5.75. The van der Waals surface area contributed by atoms with Gasteiger partial charge in [0.2, 0.25) is 11.8 Å². The maximum atomic E-state index is 13.1. The molecule has 8 nitrogen and oxygen atoms in total. The number of carbonyl (C=O) groups is 4. The minimum absolute atomic E-state index is 0.0113. The molecule has 4 saturated heterocycles. The van der Waals surface area contributed by atoms with Gasteiger partial charge in [0.15, 0.2) is 0 Å². The van der Waals surface area contributed by atoms with E-state index in [0.717, 1.165) is 31.4 Å². The minimum atomic E-state index is -0.807. The maximum absolute atomic E-state index is 13.1. The molecular formula is C23H28N4O4. The molecule has 1 aromatic rings. The van der Waals surface area contributed by atoms with Crippen molar-refractivity contribution in [3.8, 4) is 0 Å². The molecule has 4 atom stereocenters. The van der Waals surface area contributed by atoms with Crippen molar-refractivity contribution in [3.63, 3.8) is 0 Å². The third-order valence-electron chi connectivity index (χ3n) is 7.20. The summed E-state index contributed by atoms with van der Waals surface area (Å²) in [5, 5.41) is 2.68. The summed E-state index contributed by atoms with van der Waals surface area (Å²) in [6.45, 7) is 2.18. The highest BCUT2D eigenvalue weighted by Crippen LogP contribution is 2.38. The Bertz CT molecular complexity index is 904. The van der Waals surface area contributed by atoms with Crippen molar-refractivity contribution in [2.75, 3.05) is 19.6 Å². The van der Waals surface area contributed by atoms with Crippen LogP contribution in [-0.4, -0.2) is 70.2 Å². The van der Waals surface area contributed by atoms with Crippen molar-refractivity contribution in [3.05, 3.63) is 35.9 Å². The predicted octanol–water partition coefficient (Wildman–Crippen LogP) is 1.36. The lowest BCUT2D eigenvalue weighted by Crippen LogP contribution is -2.61. The van der Waals surface area contributed by atoms with Crippen molar-refractivity contribution >= 4 is 23.8 Å². The number of carbonyl (C=O) groups excluding carboxylic acids is 4.